The first kappa shape index (κ1) is 49.2. The summed E-state index contributed by atoms with van der Waals surface area (Å²) in [5.41, 5.74) is 0. The van der Waals surface area contributed by atoms with Crippen LogP contribution in [0.25, 0.3) is 0 Å². The third kappa shape index (κ3) is 33.8. The molecule has 0 aromatic carbocycles. The fourth-order valence-electron chi connectivity index (χ4n) is 5.04. The van der Waals surface area contributed by atoms with Crippen LogP contribution in [0.3, 0.4) is 0 Å². The van der Waals surface area contributed by atoms with Gasteiger partial charge >= 0.3 is 11.9 Å². The van der Waals surface area contributed by atoms with Gasteiger partial charge in [0.25, 0.3) is 0 Å². The normalized spacial score (nSPS) is 14.1. The number of nitrogens with zero attached hydrogens (tertiary/aromatic N) is 1. The molecule has 0 spiro atoms. The van der Waals surface area contributed by atoms with Gasteiger partial charge in [-0.05, 0) is 64.2 Å². The average Bonchev–Trinajstić information content (AvgIpc) is 3.11. The summed E-state index contributed by atoms with van der Waals surface area (Å²) in [7, 11) is 5.36. The monoisotopic (exact) mass is 738 g/mol. The highest BCUT2D eigenvalue weighted by Crippen LogP contribution is 2.11. The van der Waals surface area contributed by atoms with E-state index in [0.29, 0.717) is 12.8 Å². The van der Waals surface area contributed by atoms with Gasteiger partial charge < -0.3 is 28.6 Å². The number of carboxylic acid groups (broad SMARTS) is 1. The highest BCUT2D eigenvalue weighted by molar-refractivity contribution is 5.70. The number of quaternary nitrogens is 1. The molecule has 0 saturated heterocycles. The highest BCUT2D eigenvalue weighted by atomic mass is 16.6. The zero-order valence-corrected chi connectivity index (χ0v) is 33.6. The number of ether oxygens (including phenoxy) is 3. The fraction of sp³-hybridized carbons (Fsp3) is 0.578. The van der Waals surface area contributed by atoms with Crippen molar-refractivity contribution in [3.8, 4) is 0 Å². The van der Waals surface area contributed by atoms with E-state index < -0.39 is 18.1 Å². The Labute approximate surface area is 322 Å². The standard InChI is InChI=1S/C45H71NO7/c1-6-8-10-12-14-16-18-20-22-24-26-28-30-32-34-36-44(48)53-41(39-51-38-37-42(45(49)50)46(3,4)5)40-52-43(47)35-33-31-29-27-25-23-21-19-17-15-13-11-9-7-2/h8-12,14-18,20-24,26,41-42H,6-7,13,19,25,27-40H2,1-5H3/b10-8+,11-9+,14-12+,17-15+,18-16+,22-20+,23-21+,26-24+. The summed E-state index contributed by atoms with van der Waals surface area (Å²) in [6.45, 7) is 4.29. The van der Waals surface area contributed by atoms with Crippen LogP contribution < -0.4 is 5.11 Å². The summed E-state index contributed by atoms with van der Waals surface area (Å²) in [4.78, 5) is 36.7. The molecular weight excluding hydrogens is 666 g/mol. The maximum absolute atomic E-state index is 12.7. The first-order valence-corrected chi connectivity index (χ1v) is 19.8. The van der Waals surface area contributed by atoms with E-state index >= 15 is 0 Å². The van der Waals surface area contributed by atoms with Crippen molar-refractivity contribution in [2.24, 2.45) is 0 Å². The molecule has 2 unspecified atom stereocenters. The third-order valence-corrected chi connectivity index (χ3v) is 8.09. The quantitative estimate of drug-likeness (QED) is 0.0218. The number of aliphatic carboxylic acids is 1. The summed E-state index contributed by atoms with van der Waals surface area (Å²) in [6.07, 6.45) is 45.8. The Bertz CT molecular complexity index is 1180. The smallest absolute Gasteiger partial charge is 0.306 e. The van der Waals surface area contributed by atoms with E-state index in [1.54, 1.807) is 21.1 Å². The largest absolute Gasteiger partial charge is 0.544 e. The van der Waals surface area contributed by atoms with Crippen molar-refractivity contribution < 1.29 is 38.2 Å². The predicted molar refractivity (Wildman–Crippen MR) is 217 cm³/mol. The predicted octanol–water partition coefficient (Wildman–Crippen LogP) is 9.01. The Hall–Kier alpha value is -3.75. The molecule has 298 valence electrons. The summed E-state index contributed by atoms with van der Waals surface area (Å²) >= 11 is 0. The first-order valence-electron chi connectivity index (χ1n) is 19.8. The van der Waals surface area contributed by atoms with Crippen molar-refractivity contribution in [3.05, 3.63) is 97.2 Å². The summed E-state index contributed by atoms with van der Waals surface area (Å²) in [5, 5.41) is 11.6. The SMILES string of the molecule is CC/C=C/C=C/C=C/C=C/C=C/CCCCCC(=O)OC(COCCC(C(=O)[O-])[N+](C)(C)C)COC(=O)CCCCCC/C=C/C/C=C/C/C=C/CC. The van der Waals surface area contributed by atoms with Crippen LogP contribution in [0.15, 0.2) is 97.2 Å². The Kier molecular flexibility index (Phi) is 32.8. The maximum atomic E-state index is 12.7. The Morgan fingerprint density at radius 3 is 1.70 bits per heavy atom. The average molecular weight is 738 g/mol. The summed E-state index contributed by atoms with van der Waals surface area (Å²) in [5.74, 6) is -1.84. The maximum Gasteiger partial charge on any atom is 0.306 e. The second-order valence-corrected chi connectivity index (χ2v) is 13.9. The second kappa shape index (κ2) is 35.3. The molecule has 0 heterocycles. The number of carbonyl (C=O) groups is 3. The third-order valence-electron chi connectivity index (χ3n) is 8.09. The zero-order valence-electron chi connectivity index (χ0n) is 33.6. The lowest BCUT2D eigenvalue weighted by atomic mass is 10.1. The minimum absolute atomic E-state index is 0.00877. The number of likely N-dealkylation sites (N-methyl/N-ethyl adjacent to an activating group) is 1. The summed E-state index contributed by atoms with van der Waals surface area (Å²) < 4.78 is 17.0. The minimum atomic E-state index is -1.14. The van der Waals surface area contributed by atoms with Crippen molar-refractivity contribution in [1.29, 1.82) is 0 Å². The van der Waals surface area contributed by atoms with Gasteiger partial charge in [0.1, 0.15) is 12.6 Å². The molecular formula is C45H71NO7. The van der Waals surface area contributed by atoms with Crippen molar-refractivity contribution >= 4 is 17.9 Å². The molecule has 8 heteroatoms. The molecule has 0 fully saturated rings. The van der Waals surface area contributed by atoms with Gasteiger partial charge in [-0.1, -0.05) is 130 Å². The fourth-order valence-corrected chi connectivity index (χ4v) is 5.04. The molecule has 0 aliphatic heterocycles. The van der Waals surface area contributed by atoms with E-state index in [1.165, 1.54) is 0 Å². The van der Waals surface area contributed by atoms with E-state index in [4.69, 9.17) is 14.2 Å². The number of carboxylic acids is 1. The number of carbonyl (C=O) groups excluding carboxylic acids is 3. The van der Waals surface area contributed by atoms with Crippen LogP contribution in [0.5, 0.6) is 0 Å². The molecule has 0 bridgehead atoms. The van der Waals surface area contributed by atoms with Gasteiger partial charge in [0.15, 0.2) is 6.10 Å². The number of allylic oxidation sites excluding steroid dienone is 16. The Balaban J connectivity index is 4.56. The lowest BCUT2D eigenvalue weighted by molar-refractivity contribution is -0.889. The zero-order chi connectivity index (χ0) is 39.3. The van der Waals surface area contributed by atoms with Gasteiger partial charge in [-0.15, -0.1) is 0 Å². The van der Waals surface area contributed by atoms with Crippen LogP contribution in [0.1, 0.15) is 117 Å². The number of rotatable bonds is 33. The first-order chi connectivity index (χ1) is 25.6. The van der Waals surface area contributed by atoms with Crippen LogP contribution in [0, 0.1) is 0 Å². The second-order valence-electron chi connectivity index (χ2n) is 13.9. The number of esters is 2. The van der Waals surface area contributed by atoms with Gasteiger partial charge in [-0.3, -0.25) is 9.59 Å². The van der Waals surface area contributed by atoms with Crippen LogP contribution in [0.2, 0.25) is 0 Å². The summed E-state index contributed by atoms with van der Waals surface area (Å²) in [6, 6.07) is -0.743. The molecule has 0 aromatic rings. The van der Waals surface area contributed by atoms with E-state index in [9.17, 15) is 19.5 Å². The molecule has 8 nitrogen and oxygen atoms in total. The molecule has 0 radical (unpaired) electrons. The molecule has 0 aliphatic rings. The molecule has 0 N–H and O–H groups in total. The number of hydrogen-bond donors (Lipinski definition) is 0. The van der Waals surface area contributed by atoms with E-state index in [-0.39, 0.29) is 49.1 Å². The van der Waals surface area contributed by atoms with Gasteiger partial charge in [0.2, 0.25) is 0 Å². The minimum Gasteiger partial charge on any atom is -0.544 e. The number of unbranched alkanes of at least 4 members (excludes halogenated alkanes) is 7. The topological polar surface area (TPSA) is 102 Å². The molecule has 2 atom stereocenters. The lowest BCUT2D eigenvalue weighted by Gasteiger charge is -2.34. The van der Waals surface area contributed by atoms with Crippen LogP contribution in [-0.4, -0.2) is 75.5 Å². The van der Waals surface area contributed by atoms with Crippen molar-refractivity contribution in [3.63, 3.8) is 0 Å². The van der Waals surface area contributed by atoms with Gasteiger partial charge in [-0.25, -0.2) is 0 Å². The van der Waals surface area contributed by atoms with Crippen molar-refractivity contribution in [2.45, 2.75) is 129 Å². The lowest BCUT2D eigenvalue weighted by Crippen LogP contribution is -2.55. The molecule has 0 rings (SSSR count). The van der Waals surface area contributed by atoms with Gasteiger partial charge in [-0.2, -0.15) is 0 Å². The van der Waals surface area contributed by atoms with Crippen molar-refractivity contribution in [2.75, 3.05) is 41.0 Å². The van der Waals surface area contributed by atoms with Crippen LogP contribution in [0.4, 0.5) is 0 Å². The Morgan fingerprint density at radius 2 is 1.09 bits per heavy atom. The number of hydrogen-bond acceptors (Lipinski definition) is 7. The molecule has 0 aromatic heterocycles. The molecule has 53 heavy (non-hydrogen) atoms. The molecule has 0 aliphatic carbocycles. The van der Waals surface area contributed by atoms with E-state index in [1.807, 2.05) is 48.6 Å². The van der Waals surface area contributed by atoms with Gasteiger partial charge in [0, 0.05) is 19.3 Å². The van der Waals surface area contributed by atoms with Gasteiger partial charge in [0.05, 0.1) is 40.3 Å². The van der Waals surface area contributed by atoms with E-state index in [2.05, 4.69) is 62.5 Å². The molecule has 0 saturated carbocycles. The van der Waals surface area contributed by atoms with E-state index in [0.717, 1.165) is 77.0 Å². The molecule has 0 amide bonds. The van der Waals surface area contributed by atoms with Crippen LogP contribution >= 0.6 is 0 Å². The van der Waals surface area contributed by atoms with Crippen LogP contribution in [-0.2, 0) is 28.6 Å². The highest BCUT2D eigenvalue weighted by Gasteiger charge is 2.25. The van der Waals surface area contributed by atoms with Crippen molar-refractivity contribution in [1.82, 2.24) is 0 Å². The Morgan fingerprint density at radius 1 is 0.585 bits per heavy atom.